The molecule has 4 heteroatoms. The summed E-state index contributed by atoms with van der Waals surface area (Å²) in [7, 11) is 0. The van der Waals surface area contributed by atoms with Crippen molar-refractivity contribution in [2.75, 3.05) is 0 Å². The van der Waals surface area contributed by atoms with E-state index in [1.807, 2.05) is 32.0 Å². The zero-order valence-corrected chi connectivity index (χ0v) is 13.2. The van der Waals surface area contributed by atoms with Crippen LogP contribution in [-0.4, -0.2) is 21.0 Å². The highest BCUT2D eigenvalue weighted by atomic mass is 15.0. The average molecular weight is 284 g/mol. The minimum Gasteiger partial charge on any atom is -0.324 e. The SMILES string of the molecule is CC(C)(N)C(C)(C)NCc1ccc(-c2ncccn2)cc1. The van der Waals surface area contributed by atoms with Gasteiger partial charge in [-0.15, -0.1) is 0 Å². The maximum atomic E-state index is 6.20. The zero-order chi connectivity index (χ0) is 15.5. The Bertz CT molecular complexity index is 568. The Morgan fingerprint density at radius 1 is 1.00 bits per heavy atom. The molecule has 4 nitrogen and oxygen atoms in total. The highest BCUT2D eigenvalue weighted by Gasteiger charge is 2.32. The van der Waals surface area contributed by atoms with Crippen LogP contribution in [0.5, 0.6) is 0 Å². The second-order valence-corrected chi connectivity index (χ2v) is 6.47. The van der Waals surface area contributed by atoms with E-state index in [0.29, 0.717) is 0 Å². The molecule has 112 valence electrons. The monoisotopic (exact) mass is 284 g/mol. The first-order valence-corrected chi connectivity index (χ1v) is 7.20. The first-order valence-electron chi connectivity index (χ1n) is 7.20. The van der Waals surface area contributed by atoms with Crippen molar-refractivity contribution in [2.24, 2.45) is 5.73 Å². The highest BCUT2D eigenvalue weighted by molar-refractivity contribution is 5.54. The number of nitrogens with two attached hydrogens (primary N) is 1. The van der Waals surface area contributed by atoms with E-state index >= 15 is 0 Å². The number of rotatable bonds is 5. The molecular weight excluding hydrogens is 260 g/mol. The molecule has 0 saturated heterocycles. The van der Waals surface area contributed by atoms with Gasteiger partial charge in [0.15, 0.2) is 5.82 Å². The van der Waals surface area contributed by atoms with Crippen molar-refractivity contribution in [2.45, 2.75) is 45.3 Å². The Hall–Kier alpha value is -1.78. The quantitative estimate of drug-likeness (QED) is 0.886. The maximum absolute atomic E-state index is 6.20. The van der Waals surface area contributed by atoms with Gasteiger partial charge in [-0.05, 0) is 39.3 Å². The Morgan fingerprint density at radius 2 is 1.57 bits per heavy atom. The maximum Gasteiger partial charge on any atom is 0.159 e. The second-order valence-electron chi connectivity index (χ2n) is 6.47. The summed E-state index contributed by atoms with van der Waals surface area (Å²) in [5, 5.41) is 3.52. The van der Waals surface area contributed by atoms with Crippen LogP contribution in [0.1, 0.15) is 33.3 Å². The number of benzene rings is 1. The van der Waals surface area contributed by atoms with E-state index < -0.39 is 0 Å². The third-order valence-corrected chi connectivity index (χ3v) is 4.12. The largest absolute Gasteiger partial charge is 0.324 e. The lowest BCUT2D eigenvalue weighted by Crippen LogP contribution is -2.60. The minimum atomic E-state index is -0.287. The van der Waals surface area contributed by atoms with E-state index in [1.165, 1.54) is 5.56 Å². The molecule has 3 N–H and O–H groups in total. The van der Waals surface area contributed by atoms with Crippen LogP contribution < -0.4 is 11.1 Å². The van der Waals surface area contributed by atoms with Crippen LogP contribution in [0.4, 0.5) is 0 Å². The molecule has 2 rings (SSSR count). The third kappa shape index (κ3) is 3.86. The fourth-order valence-corrected chi connectivity index (χ4v) is 1.77. The molecule has 1 aromatic carbocycles. The molecule has 0 spiro atoms. The predicted molar refractivity (Wildman–Crippen MR) is 86.7 cm³/mol. The molecule has 0 aliphatic carbocycles. The molecule has 0 bridgehead atoms. The highest BCUT2D eigenvalue weighted by Crippen LogP contribution is 2.19. The Kier molecular flexibility index (Phi) is 4.40. The summed E-state index contributed by atoms with van der Waals surface area (Å²) in [5.41, 5.74) is 8.01. The molecule has 21 heavy (non-hydrogen) atoms. The van der Waals surface area contributed by atoms with Crippen molar-refractivity contribution >= 4 is 0 Å². The fraction of sp³-hybridized carbons (Fsp3) is 0.412. The fourth-order valence-electron chi connectivity index (χ4n) is 1.77. The van der Waals surface area contributed by atoms with E-state index in [9.17, 15) is 0 Å². The lowest BCUT2D eigenvalue weighted by atomic mass is 9.83. The van der Waals surface area contributed by atoms with Crippen LogP contribution >= 0.6 is 0 Å². The smallest absolute Gasteiger partial charge is 0.159 e. The first kappa shape index (κ1) is 15.6. The first-order chi connectivity index (χ1) is 9.79. The molecular formula is C17H24N4. The number of aromatic nitrogens is 2. The molecule has 0 unspecified atom stereocenters. The molecule has 0 radical (unpaired) electrons. The minimum absolute atomic E-state index is 0.145. The van der Waals surface area contributed by atoms with Gasteiger partial charge in [-0.1, -0.05) is 24.3 Å². The van der Waals surface area contributed by atoms with Crippen LogP contribution in [0.2, 0.25) is 0 Å². The van der Waals surface area contributed by atoms with Crippen LogP contribution in [0.25, 0.3) is 11.4 Å². The molecule has 0 fully saturated rings. The van der Waals surface area contributed by atoms with Gasteiger partial charge in [0.2, 0.25) is 0 Å². The van der Waals surface area contributed by atoms with Gasteiger partial charge in [0.05, 0.1) is 0 Å². The summed E-state index contributed by atoms with van der Waals surface area (Å²) in [4.78, 5) is 8.51. The lowest BCUT2D eigenvalue weighted by Gasteiger charge is -2.39. The van der Waals surface area contributed by atoms with Gasteiger partial charge in [-0.25, -0.2) is 9.97 Å². The molecule has 1 aromatic heterocycles. The molecule has 0 amide bonds. The molecule has 0 aliphatic rings. The molecule has 0 aliphatic heterocycles. The van der Waals surface area contributed by atoms with Crippen molar-refractivity contribution < 1.29 is 0 Å². The molecule has 0 atom stereocenters. The second kappa shape index (κ2) is 5.92. The van der Waals surface area contributed by atoms with Gasteiger partial charge in [-0.3, -0.25) is 0 Å². The van der Waals surface area contributed by atoms with Crippen LogP contribution in [-0.2, 0) is 6.54 Å². The summed E-state index contributed by atoms with van der Waals surface area (Å²) in [6.45, 7) is 9.10. The van der Waals surface area contributed by atoms with Crippen LogP contribution in [0.15, 0.2) is 42.7 Å². The summed E-state index contributed by atoms with van der Waals surface area (Å²) in [5.74, 6) is 0.750. The van der Waals surface area contributed by atoms with Gasteiger partial charge in [0.1, 0.15) is 0 Å². The van der Waals surface area contributed by atoms with Crippen molar-refractivity contribution in [3.05, 3.63) is 48.3 Å². The summed E-state index contributed by atoms with van der Waals surface area (Å²) in [6, 6.07) is 10.1. The summed E-state index contributed by atoms with van der Waals surface area (Å²) in [6.07, 6.45) is 3.51. The summed E-state index contributed by atoms with van der Waals surface area (Å²) < 4.78 is 0. The van der Waals surface area contributed by atoms with E-state index in [4.69, 9.17) is 5.73 Å². The van der Waals surface area contributed by atoms with Crippen molar-refractivity contribution in [3.63, 3.8) is 0 Å². The van der Waals surface area contributed by atoms with Gasteiger partial charge in [0.25, 0.3) is 0 Å². The van der Waals surface area contributed by atoms with E-state index in [0.717, 1.165) is 17.9 Å². The average Bonchev–Trinajstić information content (AvgIpc) is 2.45. The Morgan fingerprint density at radius 3 is 2.10 bits per heavy atom. The number of nitrogens with one attached hydrogen (secondary N) is 1. The lowest BCUT2D eigenvalue weighted by molar-refractivity contribution is 0.240. The molecule has 1 heterocycles. The number of hydrogen-bond acceptors (Lipinski definition) is 4. The van der Waals surface area contributed by atoms with Gasteiger partial charge >= 0.3 is 0 Å². The normalized spacial score (nSPS) is 12.4. The van der Waals surface area contributed by atoms with Crippen LogP contribution in [0, 0.1) is 0 Å². The van der Waals surface area contributed by atoms with Crippen molar-refractivity contribution in [1.29, 1.82) is 0 Å². The molecule has 2 aromatic rings. The van der Waals surface area contributed by atoms with Crippen molar-refractivity contribution in [3.8, 4) is 11.4 Å². The van der Waals surface area contributed by atoms with Gasteiger partial charge in [0, 0.05) is 35.6 Å². The van der Waals surface area contributed by atoms with E-state index in [1.54, 1.807) is 12.4 Å². The van der Waals surface area contributed by atoms with Crippen molar-refractivity contribution in [1.82, 2.24) is 15.3 Å². The van der Waals surface area contributed by atoms with E-state index in [2.05, 4.69) is 41.3 Å². The van der Waals surface area contributed by atoms with E-state index in [-0.39, 0.29) is 11.1 Å². The Balaban J connectivity index is 2.04. The number of hydrogen-bond donors (Lipinski definition) is 2. The van der Waals surface area contributed by atoms with Gasteiger partial charge < -0.3 is 11.1 Å². The Labute approximate surface area is 126 Å². The third-order valence-electron chi connectivity index (χ3n) is 4.12. The summed E-state index contributed by atoms with van der Waals surface area (Å²) >= 11 is 0. The zero-order valence-electron chi connectivity index (χ0n) is 13.2. The standard InChI is InChI=1S/C17H24N4/c1-16(2,18)17(3,4)21-12-13-6-8-14(9-7-13)15-19-10-5-11-20-15/h5-11,21H,12,18H2,1-4H3. The molecule has 0 saturated carbocycles. The number of nitrogens with zero attached hydrogens (tertiary/aromatic N) is 2. The van der Waals surface area contributed by atoms with Gasteiger partial charge in [-0.2, -0.15) is 0 Å². The predicted octanol–water partition coefficient (Wildman–Crippen LogP) is 2.75. The topological polar surface area (TPSA) is 63.8 Å². The van der Waals surface area contributed by atoms with Crippen LogP contribution in [0.3, 0.4) is 0 Å².